The highest BCUT2D eigenvalue weighted by Crippen LogP contribution is 2.36. The number of ether oxygens (including phenoxy) is 6. The number of carbonyl (C=O) groups is 2. The van der Waals surface area contributed by atoms with E-state index in [2.05, 4.69) is 15.4 Å². The lowest BCUT2D eigenvalue weighted by Crippen LogP contribution is -2.52. The minimum absolute atomic E-state index is 0.0156. The number of benzene rings is 2. The number of aliphatic hydroxyl groups excluding tert-OH is 1. The van der Waals surface area contributed by atoms with Crippen LogP contribution in [0.25, 0.3) is 0 Å². The van der Waals surface area contributed by atoms with Gasteiger partial charge in [-0.2, -0.15) is 4.31 Å². The van der Waals surface area contributed by atoms with Gasteiger partial charge in [-0.15, -0.1) is 0 Å². The molecule has 3 aliphatic heterocycles. The van der Waals surface area contributed by atoms with Crippen LogP contribution < -0.4 is 20.1 Å². The summed E-state index contributed by atoms with van der Waals surface area (Å²) >= 11 is 0. The molecule has 48 heavy (non-hydrogen) atoms. The Labute approximate surface area is 281 Å². The molecule has 0 bridgehead atoms. The number of nitrogens with one attached hydrogen (secondary N) is 2. The van der Waals surface area contributed by atoms with E-state index in [9.17, 15) is 23.1 Å². The van der Waals surface area contributed by atoms with Gasteiger partial charge in [-0.3, -0.25) is 0 Å². The molecule has 2 amide bonds. The largest absolute Gasteiger partial charge is 0.454 e. The normalized spacial score (nSPS) is 21.4. The Morgan fingerprint density at radius 3 is 2.62 bits per heavy atom. The van der Waals surface area contributed by atoms with Gasteiger partial charge in [0, 0.05) is 25.7 Å². The molecule has 2 saturated heterocycles. The fraction of sp³-hybridized carbons (Fsp3) is 0.576. The zero-order chi connectivity index (χ0) is 34.3. The van der Waals surface area contributed by atoms with Crippen molar-refractivity contribution in [2.45, 2.75) is 69.0 Å². The van der Waals surface area contributed by atoms with Crippen molar-refractivity contribution in [1.82, 2.24) is 14.9 Å². The van der Waals surface area contributed by atoms with Crippen molar-refractivity contribution in [3.63, 3.8) is 0 Å². The van der Waals surface area contributed by atoms with E-state index in [1.807, 2.05) is 44.2 Å². The van der Waals surface area contributed by atoms with Crippen LogP contribution in [0.1, 0.15) is 38.7 Å². The topological polar surface area (TPSA) is 171 Å². The van der Waals surface area contributed by atoms with Crippen LogP contribution in [-0.2, 0) is 35.4 Å². The molecule has 264 valence electrons. The standard InChI is InChI=1S/C33H45N3O11S/c1-33(2,13-7-14-34-31(38)42-3)20-36(48(40,41)23-10-11-27-28(17-23)46-21-45-27)18-26(37)25(16-22-8-5-4-6-9-22)35-32(39)47-29-19-44-30-24(29)12-15-43-30/h4-6,8-11,17,24-26,29-30,37H,7,12-16,18-21H2,1-3H3,(H,34,38)(H,35,39)/t24-,25-,26+,29-,30+/m0/s1. The first-order chi connectivity index (χ1) is 22.9. The summed E-state index contributed by atoms with van der Waals surface area (Å²) < 4.78 is 62.0. The summed E-state index contributed by atoms with van der Waals surface area (Å²) in [6, 6.07) is 12.8. The first-order valence-corrected chi connectivity index (χ1v) is 17.5. The van der Waals surface area contributed by atoms with Crippen molar-refractivity contribution < 1.29 is 51.5 Å². The second-order valence-corrected chi connectivity index (χ2v) is 14.9. The lowest BCUT2D eigenvalue weighted by molar-refractivity contribution is -0.0907. The fourth-order valence-corrected chi connectivity index (χ4v) is 7.84. The number of rotatable bonds is 15. The maximum atomic E-state index is 14.2. The molecule has 14 nitrogen and oxygen atoms in total. The number of hydrogen-bond donors (Lipinski definition) is 3. The third kappa shape index (κ3) is 9.08. The van der Waals surface area contributed by atoms with Crippen molar-refractivity contribution in [1.29, 1.82) is 0 Å². The molecule has 0 unspecified atom stereocenters. The first-order valence-electron chi connectivity index (χ1n) is 16.1. The third-order valence-electron chi connectivity index (χ3n) is 8.77. The number of methoxy groups -OCH3 is 1. The van der Waals surface area contributed by atoms with Crippen molar-refractivity contribution in [2.75, 3.05) is 46.8 Å². The van der Waals surface area contributed by atoms with Gasteiger partial charge in [0.1, 0.15) is 6.10 Å². The Morgan fingerprint density at radius 2 is 1.85 bits per heavy atom. The fourth-order valence-electron chi connectivity index (χ4n) is 6.18. The smallest absolute Gasteiger partial charge is 0.407 e. The van der Waals surface area contributed by atoms with Crippen LogP contribution in [0, 0.1) is 11.3 Å². The van der Waals surface area contributed by atoms with E-state index in [0.717, 1.165) is 5.56 Å². The van der Waals surface area contributed by atoms with E-state index in [4.69, 9.17) is 23.7 Å². The Balaban J connectivity index is 1.35. The zero-order valence-corrected chi connectivity index (χ0v) is 28.3. The van der Waals surface area contributed by atoms with Crippen LogP contribution in [-0.4, -0.2) is 101 Å². The average Bonchev–Trinajstić information content (AvgIpc) is 3.81. The van der Waals surface area contributed by atoms with Gasteiger partial charge in [-0.1, -0.05) is 44.2 Å². The Bertz CT molecular complexity index is 1510. The van der Waals surface area contributed by atoms with Gasteiger partial charge in [0.25, 0.3) is 0 Å². The summed E-state index contributed by atoms with van der Waals surface area (Å²) in [6.45, 7) is 4.60. The molecule has 0 spiro atoms. The number of fused-ring (bicyclic) bond motifs is 2. The minimum Gasteiger partial charge on any atom is -0.454 e. The van der Waals surface area contributed by atoms with Crippen LogP contribution in [0.5, 0.6) is 11.5 Å². The number of alkyl carbamates (subject to hydrolysis) is 2. The predicted molar refractivity (Wildman–Crippen MR) is 172 cm³/mol. The monoisotopic (exact) mass is 691 g/mol. The molecule has 3 aliphatic rings. The molecule has 5 rings (SSSR count). The van der Waals surface area contributed by atoms with Gasteiger partial charge < -0.3 is 44.2 Å². The maximum absolute atomic E-state index is 14.2. The maximum Gasteiger partial charge on any atom is 0.407 e. The second-order valence-electron chi connectivity index (χ2n) is 13.0. The first kappa shape index (κ1) is 35.7. The minimum atomic E-state index is -4.19. The summed E-state index contributed by atoms with van der Waals surface area (Å²) in [5, 5.41) is 17.2. The Morgan fingerprint density at radius 1 is 1.08 bits per heavy atom. The Kier molecular flexibility index (Phi) is 11.7. The van der Waals surface area contributed by atoms with Crippen molar-refractivity contribution in [3.05, 3.63) is 54.1 Å². The molecule has 3 N–H and O–H groups in total. The number of aliphatic hydroxyl groups is 1. The second kappa shape index (κ2) is 15.7. The number of carbonyl (C=O) groups excluding carboxylic acids is 2. The van der Waals surface area contributed by atoms with Gasteiger partial charge >= 0.3 is 12.2 Å². The van der Waals surface area contributed by atoms with E-state index in [0.29, 0.717) is 43.9 Å². The molecule has 2 aromatic rings. The molecule has 0 radical (unpaired) electrons. The third-order valence-corrected chi connectivity index (χ3v) is 10.6. The van der Waals surface area contributed by atoms with Gasteiger partial charge in [0.2, 0.25) is 16.8 Å². The number of hydrogen-bond acceptors (Lipinski definition) is 11. The average molecular weight is 692 g/mol. The Hall–Kier alpha value is -3.63. The summed E-state index contributed by atoms with van der Waals surface area (Å²) in [6.07, 6.45) is -1.48. The van der Waals surface area contributed by atoms with Crippen molar-refractivity contribution >= 4 is 22.2 Å². The zero-order valence-electron chi connectivity index (χ0n) is 27.5. The van der Waals surface area contributed by atoms with Crippen molar-refractivity contribution in [2.24, 2.45) is 11.3 Å². The van der Waals surface area contributed by atoms with Gasteiger partial charge in [-0.25, -0.2) is 18.0 Å². The molecule has 5 atom stereocenters. The van der Waals surface area contributed by atoms with E-state index < -0.39 is 52.2 Å². The van der Waals surface area contributed by atoms with E-state index in [1.54, 1.807) is 0 Å². The van der Waals surface area contributed by atoms with Gasteiger partial charge in [0.05, 0.1) is 43.3 Å². The molecule has 2 fully saturated rings. The highest BCUT2D eigenvalue weighted by Gasteiger charge is 2.44. The van der Waals surface area contributed by atoms with E-state index in [-0.39, 0.29) is 43.7 Å². The van der Waals surface area contributed by atoms with E-state index >= 15 is 0 Å². The van der Waals surface area contributed by atoms with Gasteiger partial charge in [0.15, 0.2) is 17.8 Å². The summed E-state index contributed by atoms with van der Waals surface area (Å²) in [5.41, 5.74) is 0.254. The van der Waals surface area contributed by atoms with Crippen LogP contribution in [0.3, 0.4) is 0 Å². The highest BCUT2D eigenvalue weighted by molar-refractivity contribution is 7.89. The molecule has 15 heteroatoms. The molecular formula is C33H45N3O11S. The summed E-state index contributed by atoms with van der Waals surface area (Å²) in [7, 11) is -2.90. The molecule has 0 aromatic heterocycles. The van der Waals surface area contributed by atoms with Gasteiger partial charge in [-0.05, 0) is 48.8 Å². The summed E-state index contributed by atoms with van der Waals surface area (Å²) in [5.74, 6) is 0.676. The molecule has 3 heterocycles. The number of nitrogens with zero attached hydrogens (tertiary/aromatic N) is 1. The molecular weight excluding hydrogens is 646 g/mol. The van der Waals surface area contributed by atoms with Crippen LogP contribution in [0.15, 0.2) is 53.4 Å². The summed E-state index contributed by atoms with van der Waals surface area (Å²) in [4.78, 5) is 24.7. The lowest BCUT2D eigenvalue weighted by Gasteiger charge is -2.35. The number of amides is 2. The van der Waals surface area contributed by atoms with Crippen LogP contribution >= 0.6 is 0 Å². The van der Waals surface area contributed by atoms with Crippen LogP contribution in [0.4, 0.5) is 9.59 Å². The molecule has 0 aliphatic carbocycles. The van der Waals surface area contributed by atoms with Crippen molar-refractivity contribution in [3.8, 4) is 11.5 Å². The highest BCUT2D eigenvalue weighted by atomic mass is 32.2. The molecule has 0 saturated carbocycles. The molecule has 2 aromatic carbocycles. The number of sulfonamides is 1. The van der Waals surface area contributed by atoms with Crippen LogP contribution in [0.2, 0.25) is 0 Å². The van der Waals surface area contributed by atoms with E-state index in [1.165, 1.54) is 29.6 Å². The quantitative estimate of drug-likeness (QED) is 0.235. The lowest BCUT2D eigenvalue weighted by atomic mass is 9.87. The predicted octanol–water partition coefficient (Wildman–Crippen LogP) is 3.03. The SMILES string of the molecule is COC(=O)NCCCC(C)(C)CN(C[C@@H](O)[C@H](Cc1ccccc1)NC(=O)O[C@H]1CO[C@H]2OCC[C@H]21)S(=O)(=O)c1ccc2c(c1)OCO2.